The molecule has 0 N–H and O–H groups in total. The summed E-state index contributed by atoms with van der Waals surface area (Å²) in [5.41, 5.74) is 3.27. The van der Waals surface area contributed by atoms with Crippen LogP contribution in [-0.4, -0.2) is 52.4 Å². The summed E-state index contributed by atoms with van der Waals surface area (Å²) in [6, 6.07) is 9.70. The number of aromatic nitrogens is 4. The summed E-state index contributed by atoms with van der Waals surface area (Å²) < 4.78 is 36.0. The van der Waals surface area contributed by atoms with Gasteiger partial charge in [-0.3, -0.25) is 4.98 Å². The van der Waals surface area contributed by atoms with Crippen molar-refractivity contribution in [2.75, 3.05) is 42.6 Å². The number of morpholine rings is 1. The first-order valence-electron chi connectivity index (χ1n) is 12.0. The predicted molar refractivity (Wildman–Crippen MR) is 127 cm³/mol. The van der Waals surface area contributed by atoms with E-state index in [0.29, 0.717) is 17.1 Å². The minimum atomic E-state index is -0.532. The normalized spacial score (nSPS) is 23.7. The largest absolute Gasteiger partial charge is 0.378 e. The maximum absolute atomic E-state index is 14.8. The Morgan fingerprint density at radius 1 is 1.00 bits per heavy atom. The molecule has 3 aromatic heterocycles. The molecule has 1 aromatic carbocycles. The summed E-state index contributed by atoms with van der Waals surface area (Å²) >= 11 is 0. The molecule has 0 bridgehead atoms. The van der Waals surface area contributed by atoms with Crippen molar-refractivity contribution in [3.8, 4) is 11.3 Å². The van der Waals surface area contributed by atoms with Crippen LogP contribution in [0.15, 0.2) is 55.0 Å². The van der Waals surface area contributed by atoms with Crippen molar-refractivity contribution in [2.45, 2.75) is 18.4 Å². The third kappa shape index (κ3) is 3.21. The minimum absolute atomic E-state index is 0.301. The summed E-state index contributed by atoms with van der Waals surface area (Å²) in [5, 5.41) is 4.46. The van der Waals surface area contributed by atoms with Gasteiger partial charge >= 0.3 is 0 Å². The average Bonchev–Trinajstić information content (AvgIpc) is 3.27. The maximum Gasteiger partial charge on any atom is 0.166 e. The fourth-order valence-corrected chi connectivity index (χ4v) is 5.84. The van der Waals surface area contributed by atoms with Gasteiger partial charge in [0.05, 0.1) is 48.1 Å². The molecule has 3 fully saturated rings. The zero-order chi connectivity index (χ0) is 23.6. The van der Waals surface area contributed by atoms with Crippen LogP contribution in [0.1, 0.15) is 18.4 Å². The predicted octanol–water partition coefficient (Wildman–Crippen LogP) is 4.03. The molecule has 4 aromatic rings. The number of pyridine rings is 1. The minimum Gasteiger partial charge on any atom is -0.378 e. The van der Waals surface area contributed by atoms with Crippen LogP contribution in [0.5, 0.6) is 0 Å². The van der Waals surface area contributed by atoms with Crippen molar-refractivity contribution >= 4 is 17.2 Å². The van der Waals surface area contributed by atoms with Crippen LogP contribution in [-0.2, 0) is 10.3 Å². The molecule has 178 valence electrons. The summed E-state index contributed by atoms with van der Waals surface area (Å²) in [6.45, 7) is 3.90. The van der Waals surface area contributed by atoms with Gasteiger partial charge in [-0.25, -0.2) is 18.3 Å². The number of hydrogen-bond acceptors (Lipinski definition) is 6. The van der Waals surface area contributed by atoms with Crippen molar-refractivity contribution in [3.05, 3.63) is 72.2 Å². The molecule has 1 saturated carbocycles. The fraction of sp³-hybridized carbons (Fsp3) is 0.346. The van der Waals surface area contributed by atoms with E-state index in [2.05, 4.69) is 21.0 Å². The van der Waals surface area contributed by atoms with Crippen LogP contribution in [0, 0.1) is 17.6 Å². The van der Waals surface area contributed by atoms with Crippen molar-refractivity contribution in [1.82, 2.24) is 19.6 Å². The van der Waals surface area contributed by atoms with E-state index in [0.717, 1.165) is 68.5 Å². The molecular formula is C26H24F2N6O. The van der Waals surface area contributed by atoms with Crippen molar-refractivity contribution < 1.29 is 13.5 Å². The number of nitrogens with zero attached hydrogens (tertiary/aromatic N) is 6. The van der Waals surface area contributed by atoms with E-state index in [1.165, 1.54) is 18.2 Å². The van der Waals surface area contributed by atoms with E-state index in [4.69, 9.17) is 14.7 Å². The van der Waals surface area contributed by atoms with E-state index in [1.807, 2.05) is 24.5 Å². The van der Waals surface area contributed by atoms with Crippen molar-refractivity contribution in [2.24, 2.45) is 5.92 Å². The van der Waals surface area contributed by atoms with Gasteiger partial charge in [0.2, 0.25) is 0 Å². The third-order valence-electron chi connectivity index (χ3n) is 7.68. The Morgan fingerprint density at radius 3 is 2.69 bits per heavy atom. The number of fused-ring (bicyclic) bond motifs is 2. The number of benzene rings is 1. The number of hydrogen-bond donors (Lipinski definition) is 0. The first kappa shape index (κ1) is 20.8. The van der Waals surface area contributed by atoms with Gasteiger partial charge in [0.1, 0.15) is 17.5 Å². The summed E-state index contributed by atoms with van der Waals surface area (Å²) in [6.07, 6.45) is 7.25. The lowest BCUT2D eigenvalue weighted by Gasteiger charge is -2.30. The summed E-state index contributed by atoms with van der Waals surface area (Å²) in [5.74, 6) is 0.265. The van der Waals surface area contributed by atoms with E-state index in [1.54, 1.807) is 10.7 Å². The molecule has 2 saturated heterocycles. The zero-order valence-corrected chi connectivity index (χ0v) is 19.1. The lowest BCUT2D eigenvalue weighted by Crippen LogP contribution is -2.36. The van der Waals surface area contributed by atoms with Gasteiger partial charge in [-0.15, -0.1) is 0 Å². The number of ether oxygens (including phenoxy) is 1. The Hall–Kier alpha value is -3.59. The van der Waals surface area contributed by atoms with Gasteiger partial charge in [0.15, 0.2) is 5.65 Å². The van der Waals surface area contributed by atoms with Crippen LogP contribution in [0.4, 0.5) is 20.3 Å². The van der Waals surface area contributed by atoms with Crippen molar-refractivity contribution in [1.29, 1.82) is 0 Å². The molecule has 0 spiro atoms. The van der Waals surface area contributed by atoms with Gasteiger partial charge in [0.25, 0.3) is 0 Å². The molecule has 0 unspecified atom stereocenters. The molecule has 0 radical (unpaired) electrons. The highest BCUT2D eigenvalue weighted by Gasteiger charge is 2.64. The summed E-state index contributed by atoms with van der Waals surface area (Å²) in [7, 11) is 0. The molecule has 35 heavy (non-hydrogen) atoms. The Kier molecular flexibility index (Phi) is 4.57. The molecular weight excluding hydrogens is 450 g/mol. The van der Waals surface area contributed by atoms with Crippen LogP contribution in [0.3, 0.4) is 0 Å². The molecule has 5 heterocycles. The van der Waals surface area contributed by atoms with Crippen LogP contribution >= 0.6 is 0 Å². The Balaban J connectivity index is 1.24. The highest BCUT2D eigenvalue weighted by molar-refractivity contribution is 5.76. The van der Waals surface area contributed by atoms with Gasteiger partial charge in [-0.05, 0) is 55.2 Å². The third-order valence-corrected chi connectivity index (χ3v) is 7.68. The quantitative estimate of drug-likeness (QED) is 0.445. The maximum atomic E-state index is 14.8. The van der Waals surface area contributed by atoms with E-state index < -0.39 is 11.4 Å². The second-order valence-electron chi connectivity index (χ2n) is 9.50. The highest BCUT2D eigenvalue weighted by atomic mass is 19.1. The molecule has 2 aliphatic heterocycles. The van der Waals surface area contributed by atoms with Crippen molar-refractivity contribution in [3.63, 3.8) is 0 Å². The smallest absolute Gasteiger partial charge is 0.166 e. The molecule has 3 aliphatic rings. The van der Waals surface area contributed by atoms with E-state index in [9.17, 15) is 8.78 Å². The monoisotopic (exact) mass is 474 g/mol. The van der Waals surface area contributed by atoms with Gasteiger partial charge in [-0.1, -0.05) is 0 Å². The Morgan fingerprint density at radius 2 is 1.89 bits per heavy atom. The van der Waals surface area contributed by atoms with Crippen LogP contribution in [0.25, 0.3) is 16.9 Å². The molecule has 9 heteroatoms. The number of anilines is 2. The van der Waals surface area contributed by atoms with Crippen LogP contribution in [0.2, 0.25) is 0 Å². The second-order valence-corrected chi connectivity index (χ2v) is 9.50. The Bertz CT molecular complexity index is 1420. The van der Waals surface area contributed by atoms with E-state index >= 15 is 0 Å². The van der Waals surface area contributed by atoms with Gasteiger partial charge < -0.3 is 14.5 Å². The Labute approximate surface area is 201 Å². The molecule has 0 amide bonds. The fourth-order valence-electron chi connectivity index (χ4n) is 5.84. The topological polar surface area (TPSA) is 58.8 Å². The highest BCUT2D eigenvalue weighted by Crippen LogP contribution is 2.63. The lowest BCUT2D eigenvalue weighted by atomic mass is 10.0. The summed E-state index contributed by atoms with van der Waals surface area (Å²) in [4.78, 5) is 14.0. The molecule has 2 atom stereocenters. The first-order valence-corrected chi connectivity index (χ1v) is 12.0. The molecule has 7 nitrogen and oxygen atoms in total. The van der Waals surface area contributed by atoms with Gasteiger partial charge in [-0.2, -0.15) is 5.10 Å². The zero-order valence-electron chi connectivity index (χ0n) is 19.1. The number of piperidine rings is 1. The number of halogens is 2. The standard InChI is InChI=1S/C26H24F2N6O/c27-18-1-3-22(28)21(13-18)26-14-17(26)5-7-33(26)24-6-8-34-25(31-24)20(16-30-34)23-4-2-19(15-29-23)32-9-11-35-12-10-32/h1-4,6,8,13,15-17H,5,7,9-12,14H2/t17-,26+/m0/s1. The SMILES string of the molecule is Fc1ccc(F)c([C@@]23C[C@@H]2CCN3c2ccn3ncc(-c4ccc(N5CCOCC5)cn4)c3n2)c1. The number of rotatable bonds is 4. The first-order chi connectivity index (χ1) is 17.1. The van der Waals surface area contributed by atoms with Crippen LogP contribution < -0.4 is 9.80 Å². The average molecular weight is 475 g/mol. The van der Waals surface area contributed by atoms with Gasteiger partial charge in [0, 0.05) is 31.4 Å². The van der Waals surface area contributed by atoms with E-state index in [-0.39, 0.29) is 5.82 Å². The molecule has 7 rings (SSSR count). The second kappa shape index (κ2) is 7.71. The molecule has 1 aliphatic carbocycles. The lowest BCUT2D eigenvalue weighted by molar-refractivity contribution is 0.122.